The number of halogens is 1. The summed E-state index contributed by atoms with van der Waals surface area (Å²) in [6.45, 7) is 4.20. The van der Waals surface area contributed by atoms with Crippen LogP contribution in [-0.4, -0.2) is 25.7 Å². The quantitative estimate of drug-likeness (QED) is 0.466. The van der Waals surface area contributed by atoms with E-state index in [1.165, 1.54) is 0 Å². The lowest BCUT2D eigenvalue weighted by atomic mass is 9.73. The van der Waals surface area contributed by atoms with Crippen LogP contribution in [0.5, 0.6) is 0 Å². The molecule has 2 N–H and O–H groups in total. The minimum absolute atomic E-state index is 0.134. The summed E-state index contributed by atoms with van der Waals surface area (Å²) in [7, 11) is 3.59. The molecule has 0 spiro atoms. The number of rotatable bonds is 6. The Kier molecular flexibility index (Phi) is 4.77. The minimum Gasteiger partial charge on any atom is -0.465 e. The Hall–Kier alpha value is -3.00. The summed E-state index contributed by atoms with van der Waals surface area (Å²) in [6.07, 6.45) is 0.623. The van der Waals surface area contributed by atoms with E-state index < -0.39 is 16.3 Å². The molecular formula is C21H21BClN3O4. The summed E-state index contributed by atoms with van der Waals surface area (Å²) < 4.78 is 5.76. The molecule has 30 heavy (non-hydrogen) atoms. The zero-order chi connectivity index (χ0) is 21.8. The first-order chi connectivity index (χ1) is 14.2. The van der Waals surface area contributed by atoms with Crippen LogP contribution < -0.4 is 21.5 Å². The van der Waals surface area contributed by atoms with Crippen molar-refractivity contribution in [2.75, 3.05) is 17.7 Å². The van der Waals surface area contributed by atoms with Gasteiger partial charge in [-0.25, -0.2) is 0 Å². The molecule has 1 aliphatic rings. The van der Waals surface area contributed by atoms with E-state index in [-0.39, 0.29) is 17.3 Å². The highest BCUT2D eigenvalue weighted by Crippen LogP contribution is 2.37. The Balaban J connectivity index is 1.71. The van der Waals surface area contributed by atoms with E-state index in [0.29, 0.717) is 40.6 Å². The van der Waals surface area contributed by atoms with Gasteiger partial charge >= 0.3 is 0 Å². The van der Waals surface area contributed by atoms with Gasteiger partial charge in [-0.2, -0.15) is 0 Å². The molecule has 0 fully saturated rings. The molecule has 0 radical (unpaired) electrons. The predicted molar refractivity (Wildman–Crippen MR) is 119 cm³/mol. The topological polar surface area (TPSA) is 91.6 Å². The molecule has 0 aliphatic carbocycles. The zero-order valence-electron chi connectivity index (χ0n) is 17.2. The highest BCUT2D eigenvalue weighted by molar-refractivity contribution is 6.32. The molecule has 1 amide bonds. The SMILES string of the molecule is BC(CC)(Nc1c(Nc2ccc(Cl)c3c2C(=O)N(C)C3)c(=O)c1=O)c1ccc(C)o1. The van der Waals surface area contributed by atoms with Crippen molar-refractivity contribution in [1.29, 1.82) is 0 Å². The van der Waals surface area contributed by atoms with Gasteiger partial charge in [-0.3, -0.25) is 14.4 Å². The van der Waals surface area contributed by atoms with Crippen LogP contribution in [0.1, 0.15) is 40.8 Å². The molecule has 0 saturated carbocycles. The summed E-state index contributed by atoms with van der Waals surface area (Å²) in [5.41, 5.74) is -0.0220. The fourth-order valence-electron chi connectivity index (χ4n) is 3.72. The van der Waals surface area contributed by atoms with E-state index in [4.69, 9.17) is 16.0 Å². The van der Waals surface area contributed by atoms with Crippen LogP contribution >= 0.6 is 11.6 Å². The number of aryl methyl sites for hydroxylation is 1. The van der Waals surface area contributed by atoms with Crippen LogP contribution in [0.2, 0.25) is 5.02 Å². The van der Waals surface area contributed by atoms with Crippen molar-refractivity contribution in [3.8, 4) is 0 Å². The molecule has 9 heteroatoms. The van der Waals surface area contributed by atoms with E-state index in [1.54, 1.807) is 24.1 Å². The molecule has 4 rings (SSSR count). The fraction of sp³-hybridized carbons (Fsp3) is 0.286. The highest BCUT2D eigenvalue weighted by Gasteiger charge is 2.34. The zero-order valence-corrected chi connectivity index (χ0v) is 17.9. The smallest absolute Gasteiger partial charge is 0.256 e. The normalized spacial score (nSPS) is 15.3. The number of amides is 1. The Bertz CT molecular complexity index is 1240. The molecule has 1 atom stereocenters. The van der Waals surface area contributed by atoms with Crippen molar-refractivity contribution in [3.05, 3.63) is 72.4 Å². The van der Waals surface area contributed by atoms with Crippen LogP contribution in [0.15, 0.2) is 38.3 Å². The average Bonchev–Trinajstić information content (AvgIpc) is 3.30. The number of anilines is 3. The van der Waals surface area contributed by atoms with E-state index in [0.717, 1.165) is 5.76 Å². The monoisotopic (exact) mass is 425 g/mol. The largest absolute Gasteiger partial charge is 0.465 e. The molecule has 0 saturated heterocycles. The van der Waals surface area contributed by atoms with Crippen LogP contribution in [0.3, 0.4) is 0 Å². The van der Waals surface area contributed by atoms with Crippen LogP contribution in [0, 0.1) is 6.92 Å². The van der Waals surface area contributed by atoms with E-state index >= 15 is 0 Å². The number of nitrogens with zero attached hydrogens (tertiary/aromatic N) is 1. The Labute approximate surface area is 179 Å². The molecule has 3 aromatic rings. The predicted octanol–water partition coefficient (Wildman–Crippen LogP) is 2.47. The Morgan fingerprint density at radius 3 is 2.50 bits per heavy atom. The first kappa shape index (κ1) is 20.3. The molecule has 2 heterocycles. The first-order valence-electron chi connectivity index (χ1n) is 9.68. The lowest BCUT2D eigenvalue weighted by molar-refractivity contribution is 0.0817. The van der Waals surface area contributed by atoms with Crippen molar-refractivity contribution >= 4 is 42.4 Å². The maximum atomic E-state index is 12.6. The second kappa shape index (κ2) is 7.06. The van der Waals surface area contributed by atoms with Gasteiger partial charge in [0, 0.05) is 24.2 Å². The molecule has 1 aromatic heterocycles. The van der Waals surface area contributed by atoms with Gasteiger partial charge in [0.15, 0.2) is 0 Å². The van der Waals surface area contributed by atoms with Gasteiger partial charge in [-0.15, -0.1) is 0 Å². The average molecular weight is 426 g/mol. The molecule has 0 bridgehead atoms. The summed E-state index contributed by atoms with van der Waals surface area (Å²) in [5.74, 6) is 1.24. The van der Waals surface area contributed by atoms with Crippen molar-refractivity contribution in [2.45, 2.75) is 32.3 Å². The van der Waals surface area contributed by atoms with Gasteiger partial charge in [0.1, 0.15) is 30.7 Å². The minimum atomic E-state index is -0.676. The van der Waals surface area contributed by atoms with Crippen molar-refractivity contribution in [1.82, 2.24) is 4.90 Å². The summed E-state index contributed by atoms with van der Waals surface area (Å²) in [5, 5.41) is 6.68. The number of benzene rings is 1. The van der Waals surface area contributed by atoms with Gasteiger partial charge in [0.25, 0.3) is 16.8 Å². The lowest BCUT2D eigenvalue weighted by Crippen LogP contribution is -2.44. The number of furan rings is 1. The lowest BCUT2D eigenvalue weighted by Gasteiger charge is -2.30. The van der Waals surface area contributed by atoms with Gasteiger partial charge in [0.2, 0.25) is 0 Å². The van der Waals surface area contributed by atoms with E-state index in [2.05, 4.69) is 10.6 Å². The maximum Gasteiger partial charge on any atom is 0.256 e. The number of hydrogen-bond donors (Lipinski definition) is 2. The fourth-order valence-corrected chi connectivity index (χ4v) is 3.94. The summed E-state index contributed by atoms with van der Waals surface area (Å²) >= 11 is 6.25. The highest BCUT2D eigenvalue weighted by atomic mass is 35.5. The second-order valence-electron chi connectivity index (χ2n) is 7.86. The van der Waals surface area contributed by atoms with Crippen LogP contribution in [0.4, 0.5) is 17.1 Å². The van der Waals surface area contributed by atoms with Crippen molar-refractivity contribution in [3.63, 3.8) is 0 Å². The number of carbonyl (C=O) groups excluding carboxylic acids is 1. The second-order valence-corrected chi connectivity index (χ2v) is 8.27. The van der Waals surface area contributed by atoms with Gasteiger partial charge < -0.3 is 20.0 Å². The molecule has 1 unspecified atom stereocenters. The van der Waals surface area contributed by atoms with E-state index in [9.17, 15) is 14.4 Å². The summed E-state index contributed by atoms with van der Waals surface area (Å²) in [4.78, 5) is 38.8. The third-order valence-electron chi connectivity index (χ3n) is 5.77. The Morgan fingerprint density at radius 1 is 1.17 bits per heavy atom. The van der Waals surface area contributed by atoms with Crippen LogP contribution in [0.25, 0.3) is 0 Å². The van der Waals surface area contributed by atoms with Crippen LogP contribution in [-0.2, 0) is 12.0 Å². The molecule has 1 aliphatic heterocycles. The maximum absolute atomic E-state index is 12.6. The standard InChI is InChI=1S/C21H21BClN3O4/c1-4-21(22,14-8-5-10(2)30-14)25-17-16(18(27)19(17)28)24-13-7-6-12(23)11-9-26(3)20(29)15(11)13/h5-8,24-25H,4,9,22H2,1-3H3. The molecule has 154 valence electrons. The summed E-state index contributed by atoms with van der Waals surface area (Å²) in [6, 6.07) is 7.03. The van der Waals surface area contributed by atoms with Crippen molar-refractivity contribution < 1.29 is 9.21 Å². The Morgan fingerprint density at radius 2 is 1.87 bits per heavy atom. The number of fused-ring (bicyclic) bond motifs is 1. The van der Waals surface area contributed by atoms with Gasteiger partial charge in [-0.1, -0.05) is 18.5 Å². The molecule has 2 aromatic carbocycles. The van der Waals surface area contributed by atoms with Gasteiger partial charge in [-0.05, 0) is 37.6 Å². The van der Waals surface area contributed by atoms with E-state index in [1.807, 2.05) is 33.8 Å². The molecular weight excluding hydrogens is 405 g/mol. The first-order valence-corrected chi connectivity index (χ1v) is 10.1. The number of hydrogen-bond acceptors (Lipinski definition) is 6. The van der Waals surface area contributed by atoms with Gasteiger partial charge in [0.05, 0.1) is 16.7 Å². The molecule has 7 nitrogen and oxygen atoms in total. The third-order valence-corrected chi connectivity index (χ3v) is 6.13. The third kappa shape index (κ3) is 3.03. The number of nitrogens with one attached hydrogen (secondary N) is 2. The van der Waals surface area contributed by atoms with Crippen molar-refractivity contribution in [2.24, 2.45) is 0 Å². The number of carbonyl (C=O) groups is 1.